The highest BCUT2D eigenvalue weighted by atomic mass is 16.5. The molecular formula is C15H28N4O. The maximum atomic E-state index is 5.09. The topological polar surface area (TPSA) is 42.3 Å². The summed E-state index contributed by atoms with van der Waals surface area (Å²) in [7, 11) is 3.80. The zero-order chi connectivity index (χ0) is 14.5. The standard InChI is InChI=1S/C15H28N4O/c1-5-13-7-6-9-19(13)15-14(11-16-8-10-20-4)12(2)17-18(15)3/h13,16H,5-11H2,1-4H3. The number of aryl methyl sites for hydroxylation is 2. The van der Waals surface area contributed by atoms with Crippen LogP contribution in [0.15, 0.2) is 0 Å². The molecule has 0 bridgehead atoms. The molecule has 2 rings (SSSR count). The lowest BCUT2D eigenvalue weighted by molar-refractivity contribution is 0.199. The Bertz CT molecular complexity index is 430. The molecule has 1 aliphatic rings. The van der Waals surface area contributed by atoms with Crippen LogP contribution in [0.25, 0.3) is 0 Å². The van der Waals surface area contributed by atoms with Crippen molar-refractivity contribution in [2.24, 2.45) is 7.05 Å². The highest BCUT2D eigenvalue weighted by Gasteiger charge is 2.28. The molecule has 0 aromatic carbocycles. The molecule has 1 fully saturated rings. The highest BCUT2D eigenvalue weighted by molar-refractivity contribution is 5.51. The molecule has 1 aliphatic heterocycles. The first kappa shape index (κ1) is 15.3. The third-order valence-corrected chi connectivity index (χ3v) is 4.22. The van der Waals surface area contributed by atoms with Crippen LogP contribution in [0.1, 0.15) is 37.4 Å². The number of rotatable bonds is 7. The Balaban J connectivity index is 2.14. The van der Waals surface area contributed by atoms with Crippen LogP contribution in [-0.2, 0) is 18.3 Å². The lowest BCUT2D eigenvalue weighted by Gasteiger charge is -2.27. The second-order valence-electron chi connectivity index (χ2n) is 5.58. The molecule has 5 nitrogen and oxygen atoms in total. The number of ether oxygens (including phenoxy) is 1. The van der Waals surface area contributed by atoms with E-state index in [1.807, 2.05) is 0 Å². The fourth-order valence-electron chi connectivity index (χ4n) is 3.18. The van der Waals surface area contributed by atoms with Crippen LogP contribution < -0.4 is 10.2 Å². The molecule has 0 saturated carbocycles. The Morgan fingerprint density at radius 2 is 2.25 bits per heavy atom. The van der Waals surface area contributed by atoms with E-state index in [0.29, 0.717) is 6.04 Å². The lowest BCUT2D eigenvalue weighted by Crippen LogP contribution is -2.32. The van der Waals surface area contributed by atoms with Crippen LogP contribution in [0.2, 0.25) is 0 Å². The summed E-state index contributed by atoms with van der Waals surface area (Å²) in [5, 5.41) is 8.08. The number of hydrogen-bond acceptors (Lipinski definition) is 4. The van der Waals surface area contributed by atoms with Gasteiger partial charge in [-0.2, -0.15) is 5.10 Å². The fraction of sp³-hybridized carbons (Fsp3) is 0.800. The van der Waals surface area contributed by atoms with Gasteiger partial charge in [-0.3, -0.25) is 4.68 Å². The molecule has 0 spiro atoms. The van der Waals surface area contributed by atoms with Gasteiger partial charge in [0.15, 0.2) is 0 Å². The van der Waals surface area contributed by atoms with Crippen molar-refractivity contribution in [2.45, 2.75) is 45.7 Å². The second-order valence-corrected chi connectivity index (χ2v) is 5.58. The van der Waals surface area contributed by atoms with Gasteiger partial charge in [-0.1, -0.05) is 6.92 Å². The van der Waals surface area contributed by atoms with E-state index in [2.05, 4.69) is 40.9 Å². The molecule has 0 amide bonds. The average Bonchev–Trinajstić information content (AvgIpc) is 2.99. The molecular weight excluding hydrogens is 252 g/mol. The maximum Gasteiger partial charge on any atom is 0.131 e. The van der Waals surface area contributed by atoms with Gasteiger partial charge in [-0.15, -0.1) is 0 Å². The number of methoxy groups -OCH3 is 1. The Labute approximate surface area is 122 Å². The predicted molar refractivity (Wildman–Crippen MR) is 82.2 cm³/mol. The molecule has 0 aliphatic carbocycles. The minimum absolute atomic E-state index is 0.669. The van der Waals surface area contributed by atoms with E-state index >= 15 is 0 Å². The van der Waals surface area contributed by atoms with E-state index in [1.54, 1.807) is 7.11 Å². The summed E-state index contributed by atoms with van der Waals surface area (Å²) in [5.74, 6) is 1.30. The Hall–Kier alpha value is -1.07. The van der Waals surface area contributed by atoms with Crippen molar-refractivity contribution in [2.75, 3.05) is 31.7 Å². The molecule has 1 aromatic heterocycles. The van der Waals surface area contributed by atoms with Gasteiger partial charge >= 0.3 is 0 Å². The van der Waals surface area contributed by atoms with Crippen LogP contribution in [0, 0.1) is 6.92 Å². The normalized spacial score (nSPS) is 19.0. The molecule has 1 atom stereocenters. The largest absolute Gasteiger partial charge is 0.383 e. The van der Waals surface area contributed by atoms with Gasteiger partial charge < -0.3 is 15.0 Å². The van der Waals surface area contributed by atoms with Crippen molar-refractivity contribution in [3.8, 4) is 0 Å². The minimum Gasteiger partial charge on any atom is -0.383 e. The van der Waals surface area contributed by atoms with Gasteiger partial charge in [0, 0.05) is 45.4 Å². The van der Waals surface area contributed by atoms with Crippen LogP contribution in [0.5, 0.6) is 0 Å². The number of nitrogens with one attached hydrogen (secondary N) is 1. The third kappa shape index (κ3) is 3.15. The first-order valence-electron chi connectivity index (χ1n) is 7.67. The quantitative estimate of drug-likeness (QED) is 0.774. The summed E-state index contributed by atoms with van der Waals surface area (Å²) in [4.78, 5) is 2.55. The van der Waals surface area contributed by atoms with Crippen LogP contribution in [0.3, 0.4) is 0 Å². The van der Waals surface area contributed by atoms with E-state index in [-0.39, 0.29) is 0 Å². The molecule has 1 saturated heterocycles. The molecule has 1 N–H and O–H groups in total. The van der Waals surface area contributed by atoms with E-state index in [1.165, 1.54) is 30.6 Å². The van der Waals surface area contributed by atoms with Gasteiger partial charge in [0.1, 0.15) is 5.82 Å². The molecule has 1 unspecified atom stereocenters. The molecule has 5 heteroatoms. The summed E-state index contributed by atoms with van der Waals surface area (Å²) in [6, 6.07) is 0.669. The number of anilines is 1. The zero-order valence-electron chi connectivity index (χ0n) is 13.3. The van der Waals surface area contributed by atoms with Crippen molar-refractivity contribution in [1.29, 1.82) is 0 Å². The van der Waals surface area contributed by atoms with Crippen molar-refractivity contribution in [1.82, 2.24) is 15.1 Å². The van der Waals surface area contributed by atoms with Crippen LogP contribution in [0.4, 0.5) is 5.82 Å². The van der Waals surface area contributed by atoms with E-state index < -0.39 is 0 Å². The zero-order valence-corrected chi connectivity index (χ0v) is 13.3. The molecule has 0 radical (unpaired) electrons. The van der Waals surface area contributed by atoms with Gasteiger partial charge in [0.05, 0.1) is 12.3 Å². The first-order chi connectivity index (χ1) is 9.69. The van der Waals surface area contributed by atoms with Crippen LogP contribution in [-0.4, -0.2) is 42.6 Å². The van der Waals surface area contributed by atoms with E-state index in [4.69, 9.17) is 4.74 Å². The van der Waals surface area contributed by atoms with Crippen molar-refractivity contribution >= 4 is 5.82 Å². The molecule has 20 heavy (non-hydrogen) atoms. The third-order valence-electron chi connectivity index (χ3n) is 4.22. The first-order valence-corrected chi connectivity index (χ1v) is 7.67. The van der Waals surface area contributed by atoms with Gasteiger partial charge in [0.2, 0.25) is 0 Å². The smallest absolute Gasteiger partial charge is 0.131 e. The summed E-state index contributed by atoms with van der Waals surface area (Å²) in [6.45, 7) is 8.03. The predicted octanol–water partition coefficient (Wildman–Crippen LogP) is 1.84. The molecule has 114 valence electrons. The van der Waals surface area contributed by atoms with Gasteiger partial charge in [-0.25, -0.2) is 0 Å². The van der Waals surface area contributed by atoms with Crippen molar-refractivity contribution < 1.29 is 4.74 Å². The Morgan fingerprint density at radius 3 is 2.95 bits per heavy atom. The van der Waals surface area contributed by atoms with Crippen molar-refractivity contribution in [3.05, 3.63) is 11.3 Å². The summed E-state index contributed by atoms with van der Waals surface area (Å²) >= 11 is 0. The SMILES string of the molecule is CCC1CCCN1c1c(CNCCOC)c(C)nn1C. The highest BCUT2D eigenvalue weighted by Crippen LogP contribution is 2.31. The van der Waals surface area contributed by atoms with Gasteiger partial charge in [0.25, 0.3) is 0 Å². The van der Waals surface area contributed by atoms with Crippen molar-refractivity contribution in [3.63, 3.8) is 0 Å². The number of nitrogens with zero attached hydrogens (tertiary/aromatic N) is 3. The van der Waals surface area contributed by atoms with E-state index in [9.17, 15) is 0 Å². The monoisotopic (exact) mass is 280 g/mol. The number of hydrogen-bond donors (Lipinski definition) is 1. The Kier molecular flexibility index (Phi) is 5.43. The average molecular weight is 280 g/mol. The summed E-state index contributed by atoms with van der Waals surface area (Å²) in [5.41, 5.74) is 2.47. The summed E-state index contributed by atoms with van der Waals surface area (Å²) in [6.07, 6.45) is 3.80. The fourth-order valence-corrected chi connectivity index (χ4v) is 3.18. The second kappa shape index (κ2) is 7.09. The van der Waals surface area contributed by atoms with Crippen LogP contribution >= 0.6 is 0 Å². The Morgan fingerprint density at radius 1 is 1.45 bits per heavy atom. The minimum atomic E-state index is 0.669. The van der Waals surface area contributed by atoms with E-state index in [0.717, 1.165) is 31.9 Å². The maximum absolute atomic E-state index is 5.09. The molecule has 2 heterocycles. The number of aromatic nitrogens is 2. The summed E-state index contributed by atoms with van der Waals surface area (Å²) < 4.78 is 7.14. The molecule has 1 aromatic rings. The van der Waals surface area contributed by atoms with Gasteiger partial charge in [-0.05, 0) is 26.2 Å². The lowest BCUT2D eigenvalue weighted by atomic mass is 10.1.